The zero-order valence-corrected chi connectivity index (χ0v) is 13.5. The van der Waals surface area contributed by atoms with Crippen LogP contribution in [0.2, 0.25) is 0 Å². The number of aromatic hydroxyl groups is 1. The van der Waals surface area contributed by atoms with Gasteiger partial charge in [-0.2, -0.15) is 0 Å². The molecule has 0 aliphatic rings. The van der Waals surface area contributed by atoms with Gasteiger partial charge in [-0.1, -0.05) is 34.1 Å². The fraction of sp³-hybridized carbons (Fsp3) is 0.118. The fourth-order valence-electron chi connectivity index (χ4n) is 2.39. The average Bonchev–Trinajstić information content (AvgIpc) is 2.87. The second kappa shape index (κ2) is 6.23. The summed E-state index contributed by atoms with van der Waals surface area (Å²) in [4.78, 5) is 4.61. The molecule has 2 N–H and O–H groups in total. The molecule has 0 amide bonds. The predicted octanol–water partition coefficient (Wildman–Crippen LogP) is 4.30. The smallest absolute Gasteiger partial charge is 0.204 e. The number of benzene rings is 2. The van der Waals surface area contributed by atoms with Gasteiger partial charge in [0.05, 0.1) is 11.0 Å². The van der Waals surface area contributed by atoms with Gasteiger partial charge in [-0.15, -0.1) is 6.58 Å². The molecular weight excluding hydrogens is 342 g/mol. The van der Waals surface area contributed by atoms with E-state index in [4.69, 9.17) is 0 Å². The van der Waals surface area contributed by atoms with E-state index in [0.717, 1.165) is 27.0 Å². The number of fused-ring (bicyclic) bond motifs is 1. The summed E-state index contributed by atoms with van der Waals surface area (Å²) in [5.74, 6) is 1.03. The van der Waals surface area contributed by atoms with Crippen molar-refractivity contribution in [3.8, 4) is 5.75 Å². The normalized spacial score (nSPS) is 10.8. The minimum atomic E-state index is 0.266. The van der Waals surface area contributed by atoms with Gasteiger partial charge >= 0.3 is 0 Å². The Labute approximate surface area is 137 Å². The molecule has 3 aromatic rings. The summed E-state index contributed by atoms with van der Waals surface area (Å²) in [6.45, 7) is 4.97. The van der Waals surface area contributed by atoms with Gasteiger partial charge in [0.25, 0.3) is 0 Å². The van der Waals surface area contributed by atoms with Crippen molar-refractivity contribution in [1.82, 2.24) is 9.55 Å². The zero-order chi connectivity index (χ0) is 15.5. The first kappa shape index (κ1) is 14.7. The quantitative estimate of drug-likeness (QED) is 0.669. The molecule has 22 heavy (non-hydrogen) atoms. The molecule has 0 saturated heterocycles. The molecule has 0 aliphatic heterocycles. The number of aromatic nitrogens is 2. The molecule has 3 rings (SSSR count). The van der Waals surface area contributed by atoms with Gasteiger partial charge in [-0.3, -0.25) is 0 Å². The topological polar surface area (TPSA) is 50.1 Å². The lowest BCUT2D eigenvalue weighted by atomic mass is 10.2. The fourth-order valence-corrected chi connectivity index (χ4v) is 2.80. The molecule has 112 valence electrons. The molecule has 0 saturated carbocycles. The second-order valence-corrected chi connectivity index (χ2v) is 5.87. The maximum absolute atomic E-state index is 9.92. The summed E-state index contributed by atoms with van der Waals surface area (Å²) in [5.41, 5.74) is 2.81. The van der Waals surface area contributed by atoms with E-state index < -0.39 is 0 Å². The van der Waals surface area contributed by atoms with E-state index in [2.05, 4.69) is 37.4 Å². The summed E-state index contributed by atoms with van der Waals surface area (Å²) >= 11 is 3.42. The molecule has 0 radical (unpaired) electrons. The van der Waals surface area contributed by atoms with Gasteiger partial charge in [-0.25, -0.2) is 4.98 Å². The molecular formula is C17H16BrN3O. The van der Waals surface area contributed by atoms with Crippen LogP contribution in [0.15, 0.2) is 59.6 Å². The highest BCUT2D eigenvalue weighted by Crippen LogP contribution is 2.24. The number of nitrogens with one attached hydrogen (secondary N) is 1. The SMILES string of the molecule is C=CCn1c(NCc2cc(Br)ccc2O)nc2ccccc21. The molecule has 0 unspecified atom stereocenters. The van der Waals surface area contributed by atoms with Gasteiger partial charge in [0, 0.05) is 23.1 Å². The van der Waals surface area contributed by atoms with Crippen LogP contribution in [0.1, 0.15) is 5.56 Å². The summed E-state index contributed by atoms with van der Waals surface area (Å²) in [5, 5.41) is 13.2. The lowest BCUT2D eigenvalue weighted by Gasteiger charge is -2.10. The van der Waals surface area contributed by atoms with Crippen molar-refractivity contribution in [2.75, 3.05) is 5.32 Å². The molecule has 0 spiro atoms. The number of phenolic OH excluding ortho intramolecular Hbond substituents is 1. The molecule has 0 fully saturated rings. The highest BCUT2D eigenvalue weighted by molar-refractivity contribution is 9.10. The number of allylic oxidation sites excluding steroid dienone is 1. The van der Waals surface area contributed by atoms with E-state index in [1.165, 1.54) is 0 Å². The van der Waals surface area contributed by atoms with E-state index in [1.54, 1.807) is 6.07 Å². The number of rotatable bonds is 5. The van der Waals surface area contributed by atoms with Crippen LogP contribution in [0.3, 0.4) is 0 Å². The molecule has 0 bridgehead atoms. The van der Waals surface area contributed by atoms with Crippen LogP contribution in [-0.4, -0.2) is 14.7 Å². The second-order valence-electron chi connectivity index (χ2n) is 4.95. The first-order valence-corrected chi connectivity index (χ1v) is 7.76. The number of hydrogen-bond donors (Lipinski definition) is 2. The third-order valence-electron chi connectivity index (χ3n) is 3.44. The van der Waals surface area contributed by atoms with Gasteiger partial charge in [0.1, 0.15) is 5.75 Å². The van der Waals surface area contributed by atoms with Gasteiger partial charge in [-0.05, 0) is 30.3 Å². The van der Waals surface area contributed by atoms with Crippen LogP contribution in [0.5, 0.6) is 5.75 Å². The molecule has 0 aliphatic carbocycles. The minimum Gasteiger partial charge on any atom is -0.508 e. The number of imidazole rings is 1. The number of hydrogen-bond acceptors (Lipinski definition) is 3. The number of halogens is 1. The van der Waals surface area contributed by atoms with Gasteiger partial charge < -0.3 is 15.0 Å². The molecule has 5 heteroatoms. The van der Waals surface area contributed by atoms with Crippen molar-refractivity contribution >= 4 is 32.9 Å². The first-order chi connectivity index (χ1) is 10.7. The Bertz CT molecular complexity index is 826. The van der Waals surface area contributed by atoms with Crippen LogP contribution >= 0.6 is 15.9 Å². The van der Waals surface area contributed by atoms with Gasteiger partial charge in [0.2, 0.25) is 5.95 Å². The third-order valence-corrected chi connectivity index (χ3v) is 3.94. The van der Waals surface area contributed by atoms with Crippen molar-refractivity contribution in [2.45, 2.75) is 13.1 Å². The third kappa shape index (κ3) is 2.85. The molecule has 4 nitrogen and oxygen atoms in total. The zero-order valence-electron chi connectivity index (χ0n) is 12.0. The highest BCUT2D eigenvalue weighted by atomic mass is 79.9. The van der Waals surface area contributed by atoms with Crippen LogP contribution in [0, 0.1) is 0 Å². The Morgan fingerprint density at radius 2 is 2.09 bits per heavy atom. The molecule has 2 aromatic carbocycles. The van der Waals surface area contributed by atoms with Crippen molar-refractivity contribution in [1.29, 1.82) is 0 Å². The largest absolute Gasteiger partial charge is 0.508 e. The average molecular weight is 358 g/mol. The van der Waals surface area contributed by atoms with E-state index in [0.29, 0.717) is 13.1 Å². The van der Waals surface area contributed by atoms with E-state index >= 15 is 0 Å². The van der Waals surface area contributed by atoms with Gasteiger partial charge in [0.15, 0.2) is 0 Å². The van der Waals surface area contributed by atoms with Crippen LogP contribution < -0.4 is 5.32 Å². The van der Waals surface area contributed by atoms with Crippen molar-refractivity contribution in [3.05, 3.63) is 65.2 Å². The Kier molecular flexibility index (Phi) is 4.15. The van der Waals surface area contributed by atoms with Crippen molar-refractivity contribution in [3.63, 3.8) is 0 Å². The summed E-state index contributed by atoms with van der Waals surface area (Å²) < 4.78 is 3.00. The summed E-state index contributed by atoms with van der Waals surface area (Å²) in [7, 11) is 0. The standard InChI is InChI=1S/C17H16BrN3O/c1-2-9-21-15-6-4-3-5-14(15)20-17(21)19-11-12-10-13(18)7-8-16(12)22/h2-8,10,22H,1,9,11H2,(H,19,20). The first-order valence-electron chi connectivity index (χ1n) is 6.96. The van der Waals surface area contributed by atoms with Crippen molar-refractivity contribution < 1.29 is 5.11 Å². The highest BCUT2D eigenvalue weighted by Gasteiger charge is 2.10. The number of nitrogens with zero attached hydrogens (tertiary/aromatic N) is 2. The van der Waals surface area contributed by atoms with Crippen LogP contribution in [-0.2, 0) is 13.1 Å². The predicted molar refractivity (Wildman–Crippen MR) is 93.1 cm³/mol. The molecule has 1 aromatic heterocycles. The number of phenols is 1. The Morgan fingerprint density at radius 1 is 1.27 bits per heavy atom. The van der Waals surface area contributed by atoms with E-state index in [1.807, 2.05) is 42.5 Å². The maximum Gasteiger partial charge on any atom is 0.204 e. The van der Waals surface area contributed by atoms with E-state index in [-0.39, 0.29) is 5.75 Å². The summed E-state index contributed by atoms with van der Waals surface area (Å²) in [6.07, 6.45) is 1.84. The monoisotopic (exact) mass is 357 g/mol. The Hall–Kier alpha value is -2.27. The Balaban J connectivity index is 1.91. The lowest BCUT2D eigenvalue weighted by molar-refractivity contribution is 0.469. The Morgan fingerprint density at radius 3 is 2.91 bits per heavy atom. The van der Waals surface area contributed by atoms with Crippen LogP contribution in [0.25, 0.3) is 11.0 Å². The molecule has 0 atom stereocenters. The summed E-state index contributed by atoms with van der Waals surface area (Å²) in [6, 6.07) is 13.4. The van der Waals surface area contributed by atoms with E-state index in [9.17, 15) is 5.11 Å². The maximum atomic E-state index is 9.92. The number of anilines is 1. The van der Waals surface area contributed by atoms with Crippen molar-refractivity contribution in [2.24, 2.45) is 0 Å². The van der Waals surface area contributed by atoms with Crippen LogP contribution in [0.4, 0.5) is 5.95 Å². The minimum absolute atomic E-state index is 0.266. The number of para-hydroxylation sites is 2. The molecule has 1 heterocycles. The lowest BCUT2D eigenvalue weighted by Crippen LogP contribution is -2.07.